The van der Waals surface area contributed by atoms with Crippen LogP contribution < -0.4 is 10.6 Å². The maximum absolute atomic E-state index is 13.6. The number of rotatable bonds is 9. The number of hydrogen-bond acceptors (Lipinski definition) is 6. The van der Waals surface area contributed by atoms with E-state index in [1.54, 1.807) is 61.3 Å². The molecular formula is C33H33N5O4. The number of imidazole rings is 1. The van der Waals surface area contributed by atoms with Crippen LogP contribution in [-0.2, 0) is 17.8 Å². The maximum Gasteiger partial charge on any atom is 0.252 e. The zero-order chi connectivity index (χ0) is 28.9. The van der Waals surface area contributed by atoms with Crippen LogP contribution in [0.3, 0.4) is 0 Å². The van der Waals surface area contributed by atoms with Crippen LogP contribution in [0.25, 0.3) is 22.4 Å². The van der Waals surface area contributed by atoms with Gasteiger partial charge in [-0.3, -0.25) is 14.6 Å². The minimum absolute atomic E-state index is 0.136. The molecule has 1 atom stereocenters. The number of hydrogen-bond donors (Lipinski definition) is 3. The lowest BCUT2D eigenvalue weighted by Gasteiger charge is -2.25. The number of benzene rings is 2. The lowest BCUT2D eigenvalue weighted by atomic mass is 9.95. The van der Waals surface area contributed by atoms with Crippen molar-refractivity contribution in [3.05, 3.63) is 102 Å². The molecule has 1 fully saturated rings. The molecule has 42 heavy (non-hydrogen) atoms. The highest BCUT2D eigenvalue weighted by Gasteiger charge is 2.25. The number of carbonyl (C=O) groups excluding carboxylic acids is 2. The Kier molecular flexibility index (Phi) is 7.98. The van der Waals surface area contributed by atoms with Crippen LogP contribution in [0, 0.1) is 0 Å². The third-order valence-electron chi connectivity index (χ3n) is 7.88. The number of nitrogens with one attached hydrogen (secondary N) is 2. The van der Waals surface area contributed by atoms with Crippen LogP contribution >= 0.6 is 0 Å². The van der Waals surface area contributed by atoms with E-state index in [1.165, 1.54) is 19.3 Å². The normalized spacial score (nSPS) is 14.5. The summed E-state index contributed by atoms with van der Waals surface area (Å²) in [4.78, 5) is 35.8. The highest BCUT2D eigenvalue weighted by molar-refractivity contribution is 6.00. The predicted octanol–water partition coefficient (Wildman–Crippen LogP) is 5.56. The molecular weight excluding hydrogens is 530 g/mol. The van der Waals surface area contributed by atoms with Crippen molar-refractivity contribution in [2.45, 2.75) is 57.2 Å². The van der Waals surface area contributed by atoms with Gasteiger partial charge < -0.3 is 24.7 Å². The van der Waals surface area contributed by atoms with E-state index in [1.807, 2.05) is 24.3 Å². The zero-order valence-corrected chi connectivity index (χ0v) is 23.2. The topological polar surface area (TPSA) is 122 Å². The third kappa shape index (κ3) is 6.05. The highest BCUT2D eigenvalue weighted by atomic mass is 16.3. The molecule has 5 aromatic rings. The van der Waals surface area contributed by atoms with E-state index in [-0.39, 0.29) is 24.0 Å². The Bertz CT molecular complexity index is 1660. The van der Waals surface area contributed by atoms with Crippen molar-refractivity contribution in [3.63, 3.8) is 0 Å². The second-order valence-corrected chi connectivity index (χ2v) is 10.8. The molecule has 1 aliphatic rings. The van der Waals surface area contributed by atoms with Gasteiger partial charge in [-0.1, -0.05) is 31.4 Å². The number of phenols is 1. The van der Waals surface area contributed by atoms with E-state index in [9.17, 15) is 14.7 Å². The van der Waals surface area contributed by atoms with Gasteiger partial charge in [0.25, 0.3) is 5.91 Å². The first-order chi connectivity index (χ1) is 20.5. The molecule has 2 aromatic carbocycles. The summed E-state index contributed by atoms with van der Waals surface area (Å²) in [5, 5.41) is 15.5. The number of furan rings is 1. The molecule has 1 aliphatic carbocycles. The van der Waals surface area contributed by atoms with Crippen LogP contribution in [0.15, 0.2) is 90.0 Å². The van der Waals surface area contributed by atoms with Crippen molar-refractivity contribution in [3.8, 4) is 17.1 Å². The average molecular weight is 564 g/mol. The lowest BCUT2D eigenvalue weighted by molar-refractivity contribution is -0.123. The van der Waals surface area contributed by atoms with Crippen LogP contribution in [0.2, 0.25) is 0 Å². The molecule has 214 valence electrons. The van der Waals surface area contributed by atoms with Gasteiger partial charge in [-0.2, -0.15) is 0 Å². The molecule has 0 saturated heterocycles. The number of amides is 2. The van der Waals surface area contributed by atoms with Gasteiger partial charge in [0.15, 0.2) is 0 Å². The molecule has 0 aliphatic heterocycles. The van der Waals surface area contributed by atoms with E-state index >= 15 is 0 Å². The highest BCUT2D eigenvalue weighted by Crippen LogP contribution is 2.36. The van der Waals surface area contributed by atoms with Gasteiger partial charge in [-0.05, 0) is 72.5 Å². The van der Waals surface area contributed by atoms with E-state index in [0.29, 0.717) is 18.2 Å². The summed E-state index contributed by atoms with van der Waals surface area (Å²) in [7, 11) is 0. The molecule has 0 radical (unpaired) electrons. The first kappa shape index (κ1) is 27.3. The zero-order valence-electron chi connectivity index (χ0n) is 23.2. The molecule has 0 spiro atoms. The third-order valence-corrected chi connectivity index (χ3v) is 7.88. The fourth-order valence-electron chi connectivity index (χ4n) is 5.68. The number of phenolic OH excluding ortho intramolecular Hbond substituents is 1. The van der Waals surface area contributed by atoms with Crippen molar-refractivity contribution < 1.29 is 19.1 Å². The fourth-order valence-corrected chi connectivity index (χ4v) is 5.68. The molecule has 0 unspecified atom stereocenters. The van der Waals surface area contributed by atoms with Gasteiger partial charge in [0.2, 0.25) is 5.91 Å². The van der Waals surface area contributed by atoms with E-state index in [2.05, 4.69) is 20.2 Å². The van der Waals surface area contributed by atoms with E-state index < -0.39 is 6.04 Å². The maximum atomic E-state index is 13.6. The molecule has 3 aromatic heterocycles. The first-order valence-electron chi connectivity index (χ1n) is 14.3. The minimum atomic E-state index is -0.833. The van der Waals surface area contributed by atoms with Crippen LogP contribution in [0.5, 0.6) is 5.75 Å². The molecule has 2 amide bonds. The number of nitrogens with zero attached hydrogens (tertiary/aromatic N) is 3. The second kappa shape index (κ2) is 12.3. The molecule has 9 heteroatoms. The van der Waals surface area contributed by atoms with Crippen molar-refractivity contribution >= 4 is 22.8 Å². The van der Waals surface area contributed by atoms with Crippen LogP contribution in [0.1, 0.15) is 59.6 Å². The Morgan fingerprint density at radius 3 is 2.50 bits per heavy atom. The number of fused-ring (bicyclic) bond motifs is 1. The molecule has 1 saturated carbocycles. The fraction of sp³-hybridized carbons (Fsp3) is 0.273. The van der Waals surface area contributed by atoms with Crippen molar-refractivity contribution in [2.24, 2.45) is 0 Å². The van der Waals surface area contributed by atoms with Crippen molar-refractivity contribution in [1.82, 2.24) is 25.2 Å². The van der Waals surface area contributed by atoms with Gasteiger partial charge >= 0.3 is 0 Å². The summed E-state index contributed by atoms with van der Waals surface area (Å²) in [5.41, 5.74) is 4.74. The Labute approximate surface area is 243 Å². The van der Waals surface area contributed by atoms with Gasteiger partial charge in [0.05, 0.1) is 22.9 Å². The van der Waals surface area contributed by atoms with E-state index in [0.717, 1.165) is 46.4 Å². The monoisotopic (exact) mass is 563 g/mol. The summed E-state index contributed by atoms with van der Waals surface area (Å²) in [6.45, 7) is 0.310. The lowest BCUT2D eigenvalue weighted by Crippen LogP contribution is -2.47. The van der Waals surface area contributed by atoms with Crippen molar-refractivity contribution in [2.75, 3.05) is 0 Å². The van der Waals surface area contributed by atoms with Gasteiger partial charge in [-0.15, -0.1) is 0 Å². The summed E-state index contributed by atoms with van der Waals surface area (Å²) >= 11 is 0. The summed E-state index contributed by atoms with van der Waals surface area (Å²) < 4.78 is 7.66. The number of carbonyl (C=O) groups is 2. The largest absolute Gasteiger partial charge is 0.508 e. The minimum Gasteiger partial charge on any atom is -0.508 e. The summed E-state index contributed by atoms with van der Waals surface area (Å²) in [5.74, 6) is 0.302. The Balaban J connectivity index is 1.26. The van der Waals surface area contributed by atoms with Crippen molar-refractivity contribution in [1.29, 1.82) is 0 Å². The molecule has 9 nitrogen and oxygen atoms in total. The SMILES string of the molecule is O=C(N[C@@H](Cc1ccc(O)cc1)C(=O)NCc1ccncc1)c1ccc2c(c1)nc(-c1ccoc1)n2C1CCCCC1. The van der Waals surface area contributed by atoms with Gasteiger partial charge in [0.1, 0.15) is 23.9 Å². The smallest absolute Gasteiger partial charge is 0.252 e. The average Bonchev–Trinajstić information content (AvgIpc) is 3.69. The number of pyridine rings is 1. The van der Waals surface area contributed by atoms with Gasteiger partial charge in [-0.25, -0.2) is 4.98 Å². The molecule has 6 rings (SSSR count). The molecule has 0 bridgehead atoms. The van der Waals surface area contributed by atoms with E-state index in [4.69, 9.17) is 9.40 Å². The van der Waals surface area contributed by atoms with Gasteiger partial charge in [0, 0.05) is 37.0 Å². The molecule has 3 N–H and O–H groups in total. The standard InChI is InChI=1S/C33H33N5O4/c39-27-9-6-22(7-10-27)18-29(33(41)35-20-23-12-15-34-16-13-23)37-32(40)24-8-11-30-28(19-24)36-31(25-14-17-42-21-25)38(30)26-4-2-1-3-5-26/h6-17,19,21,26,29,39H,1-5,18,20H2,(H,35,41)(H,37,40)/t29-/m0/s1. The Morgan fingerprint density at radius 1 is 0.976 bits per heavy atom. The predicted molar refractivity (Wildman–Crippen MR) is 159 cm³/mol. The summed E-state index contributed by atoms with van der Waals surface area (Å²) in [6.07, 6.45) is 12.7. The Morgan fingerprint density at radius 2 is 1.76 bits per heavy atom. The second-order valence-electron chi connectivity index (χ2n) is 10.8. The summed E-state index contributed by atoms with van der Waals surface area (Å²) in [6, 6.07) is 17.2. The van der Waals surface area contributed by atoms with Crippen LogP contribution in [0.4, 0.5) is 0 Å². The Hall–Kier alpha value is -4.92. The quantitative estimate of drug-likeness (QED) is 0.216. The number of aromatic nitrogens is 3. The molecule has 3 heterocycles. The van der Waals surface area contributed by atoms with Crippen LogP contribution in [-0.4, -0.2) is 37.5 Å². The first-order valence-corrected chi connectivity index (χ1v) is 14.3. The number of aromatic hydroxyl groups is 1.